The molecule has 1 aliphatic rings. The van der Waals surface area contributed by atoms with Gasteiger partial charge in [0, 0.05) is 19.4 Å². The number of carbonyl (C=O) groups is 2. The standard InChI is InChI=1S/C8H8O2.C6H11NO/c9-7-10-6-8-4-2-1-3-5-8;8-6-2-1-4-7-5-3-6/h1-5,7H,6H2;7H,1-5H2. The van der Waals surface area contributed by atoms with Crippen molar-refractivity contribution >= 4 is 12.3 Å². The second-order valence-corrected chi connectivity index (χ2v) is 4.04. The Labute approximate surface area is 107 Å². The van der Waals surface area contributed by atoms with E-state index < -0.39 is 0 Å². The maximum atomic E-state index is 10.6. The van der Waals surface area contributed by atoms with Crippen LogP contribution in [0.4, 0.5) is 0 Å². The van der Waals surface area contributed by atoms with Gasteiger partial charge < -0.3 is 10.1 Å². The fraction of sp³-hybridized carbons (Fsp3) is 0.429. The minimum Gasteiger partial charge on any atom is -0.463 e. The van der Waals surface area contributed by atoms with E-state index in [1.54, 1.807) is 0 Å². The Balaban J connectivity index is 0.000000184. The lowest BCUT2D eigenvalue weighted by Crippen LogP contribution is -2.13. The van der Waals surface area contributed by atoms with E-state index in [1.807, 2.05) is 30.3 Å². The first kappa shape index (κ1) is 14.4. The molecule has 0 amide bonds. The number of ketones is 1. The Bertz CT molecular complexity index is 341. The van der Waals surface area contributed by atoms with Crippen molar-refractivity contribution in [3.8, 4) is 0 Å². The van der Waals surface area contributed by atoms with Gasteiger partial charge in [-0.15, -0.1) is 0 Å². The van der Waals surface area contributed by atoms with Gasteiger partial charge in [0.05, 0.1) is 0 Å². The average Bonchev–Trinajstić information content (AvgIpc) is 2.66. The molecule has 0 radical (unpaired) electrons. The van der Waals surface area contributed by atoms with Crippen LogP contribution in [0.25, 0.3) is 0 Å². The number of benzene rings is 1. The lowest BCUT2D eigenvalue weighted by Gasteiger charge is -1.95. The SMILES string of the molecule is O=C1CCCNCC1.O=COCc1ccccc1. The molecule has 1 heterocycles. The maximum Gasteiger partial charge on any atom is 0.293 e. The highest BCUT2D eigenvalue weighted by Crippen LogP contribution is 1.98. The van der Waals surface area contributed by atoms with Crippen LogP contribution in [0.15, 0.2) is 30.3 Å². The highest BCUT2D eigenvalue weighted by molar-refractivity contribution is 5.78. The molecule has 0 bridgehead atoms. The lowest BCUT2D eigenvalue weighted by atomic mass is 10.2. The van der Waals surface area contributed by atoms with E-state index in [9.17, 15) is 9.59 Å². The van der Waals surface area contributed by atoms with Crippen LogP contribution in [0.5, 0.6) is 0 Å². The van der Waals surface area contributed by atoms with Gasteiger partial charge in [-0.2, -0.15) is 0 Å². The summed E-state index contributed by atoms with van der Waals surface area (Å²) in [5.74, 6) is 0.412. The summed E-state index contributed by atoms with van der Waals surface area (Å²) in [6.07, 6.45) is 2.55. The van der Waals surface area contributed by atoms with Crippen molar-refractivity contribution < 1.29 is 14.3 Å². The minimum absolute atomic E-state index is 0.365. The zero-order chi connectivity index (χ0) is 13.1. The van der Waals surface area contributed by atoms with E-state index in [-0.39, 0.29) is 0 Å². The van der Waals surface area contributed by atoms with E-state index in [2.05, 4.69) is 10.1 Å². The molecule has 0 unspecified atom stereocenters. The normalized spacial score (nSPS) is 15.0. The van der Waals surface area contributed by atoms with Crippen molar-refractivity contribution in [3.63, 3.8) is 0 Å². The predicted molar refractivity (Wildman–Crippen MR) is 69.0 cm³/mol. The fourth-order valence-electron chi connectivity index (χ4n) is 1.59. The van der Waals surface area contributed by atoms with Crippen molar-refractivity contribution in [2.24, 2.45) is 0 Å². The second kappa shape index (κ2) is 9.36. The molecule has 1 aliphatic heterocycles. The predicted octanol–water partition coefficient (Wildman–Crippen LogP) is 1.69. The Morgan fingerprint density at radius 2 is 1.94 bits per heavy atom. The number of hydrogen-bond donors (Lipinski definition) is 1. The van der Waals surface area contributed by atoms with Crippen LogP contribution in [-0.4, -0.2) is 25.3 Å². The van der Waals surface area contributed by atoms with Gasteiger partial charge in [0.1, 0.15) is 12.4 Å². The highest BCUT2D eigenvalue weighted by Gasteiger charge is 2.04. The van der Waals surface area contributed by atoms with Crippen molar-refractivity contribution in [1.29, 1.82) is 0 Å². The topological polar surface area (TPSA) is 55.4 Å². The van der Waals surface area contributed by atoms with Gasteiger partial charge in [0.2, 0.25) is 0 Å². The molecule has 1 aromatic rings. The number of ether oxygens (including phenoxy) is 1. The molecule has 1 saturated heterocycles. The zero-order valence-electron chi connectivity index (χ0n) is 10.4. The van der Waals surface area contributed by atoms with Crippen LogP contribution in [-0.2, 0) is 20.9 Å². The van der Waals surface area contributed by atoms with Gasteiger partial charge in [-0.05, 0) is 18.5 Å². The van der Waals surface area contributed by atoms with Crippen LogP contribution >= 0.6 is 0 Å². The molecule has 1 fully saturated rings. The largest absolute Gasteiger partial charge is 0.463 e. The number of carbonyl (C=O) groups excluding carboxylic acids is 2. The summed E-state index contributed by atoms with van der Waals surface area (Å²) in [6, 6.07) is 9.55. The van der Waals surface area contributed by atoms with Crippen molar-refractivity contribution in [2.75, 3.05) is 13.1 Å². The molecule has 1 aromatic carbocycles. The molecule has 0 spiro atoms. The highest BCUT2D eigenvalue weighted by atomic mass is 16.5. The smallest absolute Gasteiger partial charge is 0.293 e. The molecule has 4 nitrogen and oxygen atoms in total. The molecular weight excluding hydrogens is 230 g/mol. The summed E-state index contributed by atoms with van der Waals surface area (Å²) in [5.41, 5.74) is 1.01. The first-order valence-electron chi connectivity index (χ1n) is 6.14. The van der Waals surface area contributed by atoms with E-state index in [0.717, 1.165) is 37.9 Å². The molecule has 0 aliphatic carbocycles. The number of hydrogen-bond acceptors (Lipinski definition) is 4. The second-order valence-electron chi connectivity index (χ2n) is 4.04. The van der Waals surface area contributed by atoms with E-state index >= 15 is 0 Å². The van der Waals surface area contributed by atoms with Gasteiger partial charge >= 0.3 is 0 Å². The summed E-state index contributed by atoms with van der Waals surface area (Å²) < 4.78 is 4.54. The Kier molecular flexibility index (Phi) is 7.48. The Morgan fingerprint density at radius 1 is 1.17 bits per heavy atom. The van der Waals surface area contributed by atoms with Gasteiger partial charge in [-0.3, -0.25) is 9.59 Å². The average molecular weight is 249 g/mol. The first-order valence-corrected chi connectivity index (χ1v) is 6.14. The Hall–Kier alpha value is -1.68. The summed E-state index contributed by atoms with van der Waals surface area (Å²) in [6.45, 7) is 2.72. The van der Waals surface area contributed by atoms with Crippen LogP contribution in [0, 0.1) is 0 Å². The number of nitrogens with one attached hydrogen (secondary N) is 1. The Morgan fingerprint density at radius 3 is 2.67 bits per heavy atom. The van der Waals surface area contributed by atoms with Crippen molar-refractivity contribution in [2.45, 2.75) is 25.9 Å². The fourth-order valence-corrected chi connectivity index (χ4v) is 1.59. The zero-order valence-corrected chi connectivity index (χ0v) is 10.4. The van der Waals surface area contributed by atoms with Crippen molar-refractivity contribution in [3.05, 3.63) is 35.9 Å². The first-order chi connectivity index (χ1) is 8.83. The number of Topliss-reactive ketones (excluding diaryl/α,β-unsaturated/α-hetero) is 1. The number of rotatable bonds is 3. The van der Waals surface area contributed by atoms with E-state index in [1.165, 1.54) is 0 Å². The van der Waals surface area contributed by atoms with Crippen molar-refractivity contribution in [1.82, 2.24) is 5.32 Å². The molecule has 0 atom stereocenters. The van der Waals surface area contributed by atoms with Gasteiger partial charge in [-0.1, -0.05) is 30.3 Å². The van der Waals surface area contributed by atoms with Crippen LogP contribution in [0.3, 0.4) is 0 Å². The molecule has 0 saturated carbocycles. The van der Waals surface area contributed by atoms with Crippen LogP contribution < -0.4 is 5.32 Å². The van der Waals surface area contributed by atoms with E-state index in [4.69, 9.17) is 0 Å². The lowest BCUT2D eigenvalue weighted by molar-refractivity contribution is -0.129. The van der Waals surface area contributed by atoms with E-state index in [0.29, 0.717) is 18.9 Å². The quantitative estimate of drug-likeness (QED) is 0.828. The molecule has 18 heavy (non-hydrogen) atoms. The third kappa shape index (κ3) is 6.81. The third-order valence-electron chi connectivity index (χ3n) is 2.55. The summed E-state index contributed by atoms with van der Waals surface area (Å²) in [4.78, 5) is 20.4. The van der Waals surface area contributed by atoms with Gasteiger partial charge in [-0.25, -0.2) is 0 Å². The van der Waals surface area contributed by atoms with Gasteiger partial charge in [0.15, 0.2) is 0 Å². The summed E-state index contributed by atoms with van der Waals surface area (Å²) >= 11 is 0. The van der Waals surface area contributed by atoms with Crippen LogP contribution in [0.1, 0.15) is 24.8 Å². The molecule has 0 aromatic heterocycles. The molecule has 1 N–H and O–H groups in total. The molecule has 98 valence electrons. The monoisotopic (exact) mass is 249 g/mol. The molecular formula is C14H19NO3. The maximum absolute atomic E-state index is 10.6. The summed E-state index contributed by atoms with van der Waals surface area (Å²) in [5, 5.41) is 3.16. The molecule has 4 heteroatoms. The summed E-state index contributed by atoms with van der Waals surface area (Å²) in [7, 11) is 0. The molecule has 2 rings (SSSR count). The third-order valence-corrected chi connectivity index (χ3v) is 2.55. The minimum atomic E-state index is 0.365. The van der Waals surface area contributed by atoms with Crippen LogP contribution in [0.2, 0.25) is 0 Å². The van der Waals surface area contributed by atoms with Gasteiger partial charge in [0.25, 0.3) is 6.47 Å².